The quantitative estimate of drug-likeness (QED) is 0.231. The molecule has 4 heterocycles. The van der Waals surface area contributed by atoms with Crippen molar-refractivity contribution in [2.45, 2.75) is 179 Å². The molecular formula is C58H81ClN4O8. The Morgan fingerprint density at radius 1 is 0.521 bits per heavy atom. The third-order valence-corrected chi connectivity index (χ3v) is 18.6. The fraction of sp³-hybridized carbons (Fsp3) is 0.724. The van der Waals surface area contributed by atoms with Crippen molar-refractivity contribution < 1.29 is 38.1 Å². The summed E-state index contributed by atoms with van der Waals surface area (Å²) in [4.78, 5) is 55.2. The van der Waals surface area contributed by atoms with Gasteiger partial charge in [-0.3, -0.25) is 0 Å². The maximum absolute atomic E-state index is 13.3. The number of amides is 3. The molecule has 0 unspecified atom stereocenters. The summed E-state index contributed by atoms with van der Waals surface area (Å²) in [6.45, 7) is 17.5. The van der Waals surface area contributed by atoms with Gasteiger partial charge < -0.3 is 39.0 Å². The van der Waals surface area contributed by atoms with Gasteiger partial charge in [0.2, 0.25) is 0 Å². The van der Waals surface area contributed by atoms with Crippen LogP contribution in [0.15, 0.2) is 48.5 Å². The monoisotopic (exact) mass is 997 g/mol. The average Bonchev–Trinajstić information content (AvgIpc) is 3.31. The van der Waals surface area contributed by atoms with E-state index in [0.717, 1.165) is 69.0 Å². The first-order valence-corrected chi connectivity index (χ1v) is 27.8. The Kier molecular flexibility index (Phi) is 14.2. The Labute approximate surface area is 427 Å². The van der Waals surface area contributed by atoms with Gasteiger partial charge in [0.1, 0.15) is 23.4 Å². The molecule has 2 spiro atoms. The SMILES string of the molecule is CC(C)(C)OC(=O)N1Cc2ccccc2C2(CCN(C(=O)OC3C4CC5CC(C4)CC3C5)CC2)C1.CC(C)(C)OC(=O)N1Cc2ccccc2C2(CCNCC2)C1.O=C(Cl)OC1C2CC3CC(C2)CC1C3. The standard InChI is InChI=1S/C29H40N2O4.C18H26N2O2.C11H15ClO2/c1-28(2,3)35-27(33)31-17-21-6-4-5-7-24(21)29(18-31)8-10-30(11-9-29)26(32)34-25-22-13-19-12-20(15-22)16-23(25)14-19;1-17(2,3)22-16(21)20-12-14-6-4-5-7-15(14)18(13-20)8-10-19-11-9-18;12-11(13)14-10-8-2-6-1-7(4-8)5-9(10)3-6/h4-7,19-20,22-23,25H,8-18H2,1-3H3;4-7,19H,8-13H2,1-3H3;6-10H,1-5H2. The van der Waals surface area contributed by atoms with Crippen LogP contribution >= 0.6 is 11.6 Å². The molecule has 14 rings (SSSR count). The highest BCUT2D eigenvalue weighted by Crippen LogP contribution is 2.56. The summed E-state index contributed by atoms with van der Waals surface area (Å²) in [6, 6.07) is 17.0. The number of benzene rings is 2. The number of halogens is 1. The molecule has 0 radical (unpaired) electrons. The van der Waals surface area contributed by atoms with E-state index in [1.54, 1.807) is 0 Å². The van der Waals surface area contributed by atoms with Crippen molar-refractivity contribution in [1.82, 2.24) is 20.0 Å². The van der Waals surface area contributed by atoms with Crippen LogP contribution in [0, 0.1) is 47.3 Å². The Hall–Kier alpha value is -4.03. The van der Waals surface area contributed by atoms with E-state index >= 15 is 0 Å². The van der Waals surface area contributed by atoms with E-state index in [-0.39, 0.29) is 41.3 Å². The van der Waals surface area contributed by atoms with Crippen LogP contribution in [0.5, 0.6) is 0 Å². The Morgan fingerprint density at radius 3 is 1.30 bits per heavy atom. The van der Waals surface area contributed by atoms with Gasteiger partial charge in [-0.2, -0.15) is 0 Å². The lowest BCUT2D eigenvalue weighted by Crippen LogP contribution is -2.56. The minimum absolute atomic E-state index is 0.0804. The van der Waals surface area contributed by atoms with Gasteiger partial charge in [-0.25, -0.2) is 19.2 Å². The second-order valence-corrected chi connectivity index (χ2v) is 26.1. The van der Waals surface area contributed by atoms with Crippen molar-refractivity contribution in [3.8, 4) is 0 Å². The first-order chi connectivity index (χ1) is 33.8. The molecule has 0 aromatic heterocycles. The highest BCUT2D eigenvalue weighted by atomic mass is 35.5. The first-order valence-electron chi connectivity index (χ1n) is 27.5. The van der Waals surface area contributed by atoms with Crippen LogP contribution in [-0.2, 0) is 42.9 Å². The lowest BCUT2D eigenvalue weighted by atomic mass is 9.55. The zero-order chi connectivity index (χ0) is 49.9. The number of fused-ring (bicyclic) bond motifs is 4. The van der Waals surface area contributed by atoms with Gasteiger partial charge in [-0.05, 0) is 214 Å². The zero-order valence-corrected chi connectivity index (χ0v) is 44.2. The van der Waals surface area contributed by atoms with Crippen LogP contribution in [0.1, 0.15) is 154 Å². The van der Waals surface area contributed by atoms with E-state index in [9.17, 15) is 19.2 Å². The van der Waals surface area contributed by atoms with Crippen LogP contribution in [-0.4, -0.2) is 101 Å². The van der Waals surface area contributed by atoms with E-state index in [4.69, 9.17) is 30.5 Å². The van der Waals surface area contributed by atoms with Gasteiger partial charge >= 0.3 is 23.7 Å². The molecule has 2 saturated heterocycles. The van der Waals surface area contributed by atoms with Crippen molar-refractivity contribution in [3.05, 3.63) is 70.8 Å². The van der Waals surface area contributed by atoms with E-state index < -0.39 is 16.6 Å². The lowest BCUT2D eigenvalue weighted by molar-refractivity contribution is -0.104. The summed E-state index contributed by atoms with van der Waals surface area (Å²) < 4.78 is 22.8. The molecule has 2 aromatic carbocycles. The molecule has 0 atom stereocenters. The minimum atomic E-state index is -0.609. The summed E-state index contributed by atoms with van der Waals surface area (Å²) in [7, 11) is 0. The van der Waals surface area contributed by atoms with Crippen molar-refractivity contribution >= 4 is 35.3 Å². The van der Waals surface area contributed by atoms with E-state index in [2.05, 4.69) is 47.8 Å². The normalized spacial score (nSPS) is 32.4. The molecule has 388 valence electrons. The lowest BCUT2D eigenvalue weighted by Gasteiger charge is -2.54. The predicted molar refractivity (Wildman–Crippen MR) is 273 cm³/mol. The average molecular weight is 998 g/mol. The first kappa shape index (κ1) is 50.5. The minimum Gasteiger partial charge on any atom is -0.450 e. The number of likely N-dealkylation sites (tertiary alicyclic amines) is 1. The van der Waals surface area contributed by atoms with E-state index in [1.165, 1.54) is 86.5 Å². The fourth-order valence-electron chi connectivity index (χ4n) is 16.0. The Balaban J connectivity index is 0.000000137. The van der Waals surface area contributed by atoms with E-state index in [1.807, 2.05) is 62.3 Å². The number of piperidine rings is 2. The molecule has 71 heavy (non-hydrogen) atoms. The molecule has 12 aliphatic rings. The van der Waals surface area contributed by atoms with Crippen LogP contribution in [0.25, 0.3) is 0 Å². The van der Waals surface area contributed by atoms with E-state index in [0.29, 0.717) is 56.4 Å². The maximum Gasteiger partial charge on any atom is 0.410 e. The van der Waals surface area contributed by atoms with Gasteiger partial charge in [-0.1, -0.05) is 48.5 Å². The van der Waals surface area contributed by atoms with Crippen molar-refractivity contribution in [3.63, 3.8) is 0 Å². The fourth-order valence-corrected chi connectivity index (χ4v) is 16.1. The number of ether oxygens (including phenoxy) is 4. The van der Waals surface area contributed by atoms with Gasteiger partial charge in [-0.15, -0.1) is 0 Å². The zero-order valence-electron chi connectivity index (χ0n) is 43.4. The second-order valence-electron chi connectivity index (χ2n) is 25.8. The molecule has 12 nitrogen and oxygen atoms in total. The topological polar surface area (TPSA) is 127 Å². The molecule has 4 aliphatic heterocycles. The molecule has 10 fully saturated rings. The van der Waals surface area contributed by atoms with Gasteiger partial charge in [0.05, 0.1) is 0 Å². The van der Waals surface area contributed by atoms with Crippen molar-refractivity contribution in [1.29, 1.82) is 0 Å². The Morgan fingerprint density at radius 2 is 0.901 bits per heavy atom. The van der Waals surface area contributed by atoms with Gasteiger partial charge in [0.25, 0.3) is 0 Å². The smallest absolute Gasteiger partial charge is 0.410 e. The van der Waals surface area contributed by atoms with Crippen molar-refractivity contribution in [2.24, 2.45) is 47.3 Å². The van der Waals surface area contributed by atoms with Crippen LogP contribution < -0.4 is 5.32 Å². The second kappa shape index (κ2) is 20.0. The van der Waals surface area contributed by atoms with Crippen molar-refractivity contribution in [2.75, 3.05) is 39.3 Å². The maximum atomic E-state index is 13.3. The van der Waals surface area contributed by atoms with Crippen LogP contribution in [0.4, 0.5) is 19.2 Å². The predicted octanol–water partition coefficient (Wildman–Crippen LogP) is 12.0. The molecule has 3 amide bonds. The Bertz CT molecular complexity index is 2220. The summed E-state index contributed by atoms with van der Waals surface area (Å²) in [6.07, 6.45) is 16.4. The van der Waals surface area contributed by atoms with Gasteiger partial charge in [0, 0.05) is 61.7 Å². The summed E-state index contributed by atoms with van der Waals surface area (Å²) in [5.41, 5.74) is 3.56. The highest BCUT2D eigenvalue weighted by molar-refractivity contribution is 6.61. The summed E-state index contributed by atoms with van der Waals surface area (Å²) in [5, 5.41) is 3.43. The third kappa shape index (κ3) is 11.1. The number of hydrogen-bond donors (Lipinski definition) is 1. The summed E-state index contributed by atoms with van der Waals surface area (Å²) in [5.74, 6) is 5.99. The summed E-state index contributed by atoms with van der Waals surface area (Å²) >= 11 is 5.31. The van der Waals surface area contributed by atoms with Crippen LogP contribution in [0.3, 0.4) is 0 Å². The molecular weight excluding hydrogens is 916 g/mol. The largest absolute Gasteiger partial charge is 0.450 e. The molecule has 8 bridgehead atoms. The highest BCUT2D eigenvalue weighted by Gasteiger charge is 2.52. The number of nitrogens with one attached hydrogen (secondary N) is 1. The number of rotatable bonds is 2. The number of hydrogen-bond acceptors (Lipinski definition) is 9. The number of carbonyl (C=O) groups is 4. The van der Waals surface area contributed by atoms with Gasteiger partial charge in [0.15, 0.2) is 0 Å². The molecule has 8 aliphatic carbocycles. The molecule has 2 aromatic rings. The third-order valence-electron chi connectivity index (χ3n) is 18.5. The van der Waals surface area contributed by atoms with Crippen LogP contribution in [0.2, 0.25) is 0 Å². The molecule has 8 saturated carbocycles. The number of nitrogens with zero attached hydrogens (tertiary/aromatic N) is 3. The molecule has 1 N–H and O–H groups in total. The molecule has 13 heteroatoms. The number of carbonyl (C=O) groups excluding carboxylic acids is 4.